The number of anilines is 1. The minimum absolute atomic E-state index is 0.0328. The van der Waals surface area contributed by atoms with Crippen molar-refractivity contribution in [1.82, 2.24) is 10.2 Å². The molecule has 0 atom stereocenters. The Kier molecular flexibility index (Phi) is 6.49. The van der Waals surface area contributed by atoms with Gasteiger partial charge in [0.25, 0.3) is 0 Å². The number of hydrogen-bond acceptors (Lipinski definition) is 3. The van der Waals surface area contributed by atoms with Gasteiger partial charge in [-0.3, -0.25) is 0 Å². The molecule has 1 aliphatic heterocycles. The first-order chi connectivity index (χ1) is 13.4. The molecule has 2 N–H and O–H groups in total. The van der Waals surface area contributed by atoms with Crippen LogP contribution >= 0.6 is 0 Å². The summed E-state index contributed by atoms with van der Waals surface area (Å²) in [6.07, 6.45) is 1.78. The van der Waals surface area contributed by atoms with Gasteiger partial charge in [-0.05, 0) is 0 Å². The van der Waals surface area contributed by atoms with Gasteiger partial charge in [0.1, 0.15) is 0 Å². The van der Waals surface area contributed by atoms with Crippen LogP contribution in [-0.2, 0) is 4.79 Å². The number of carbonyl (C=O) groups excluding carboxylic acids is 2. The molecule has 0 fully saturated rings. The second-order valence-electron chi connectivity index (χ2n) is 6.60. The van der Waals surface area contributed by atoms with E-state index in [4.69, 9.17) is 0 Å². The summed E-state index contributed by atoms with van der Waals surface area (Å²) in [6.45, 7) is 9.48. The summed E-state index contributed by atoms with van der Waals surface area (Å²) in [5.74, 6) is -0.705. The molecule has 1 aromatic carbocycles. The second-order valence-corrected chi connectivity index (χ2v) is 9.31. The monoisotopic (exact) mass is 449 g/mol. The average Bonchev–Trinajstić information content (AvgIpc) is 3.19. The van der Waals surface area contributed by atoms with Gasteiger partial charge in [-0.2, -0.15) is 0 Å². The Morgan fingerprint density at radius 1 is 1.29 bits per heavy atom. The number of carbonyl (C=O) groups is 2. The molecular weight excluding hydrogens is 424 g/mol. The van der Waals surface area contributed by atoms with Crippen molar-refractivity contribution >= 4 is 43.7 Å². The fourth-order valence-corrected chi connectivity index (χ4v) is 5.24. The molecule has 0 aliphatic carbocycles. The van der Waals surface area contributed by atoms with Crippen molar-refractivity contribution in [1.29, 1.82) is 0 Å². The van der Waals surface area contributed by atoms with Crippen molar-refractivity contribution in [3.63, 3.8) is 0 Å². The van der Waals surface area contributed by atoms with E-state index in [2.05, 4.69) is 29.4 Å². The molecule has 1 aliphatic rings. The zero-order valence-electron chi connectivity index (χ0n) is 16.3. The van der Waals surface area contributed by atoms with Gasteiger partial charge in [-0.1, -0.05) is 0 Å². The molecule has 0 radical (unpaired) electrons. The molecule has 5 nitrogen and oxygen atoms in total. The molecule has 1 aromatic heterocycles. The van der Waals surface area contributed by atoms with E-state index < -0.39 is 0 Å². The van der Waals surface area contributed by atoms with E-state index in [0.29, 0.717) is 28.9 Å². The van der Waals surface area contributed by atoms with Crippen LogP contribution in [0.15, 0.2) is 24.3 Å². The van der Waals surface area contributed by atoms with Gasteiger partial charge in [0.2, 0.25) is 0 Å². The Bertz CT molecular complexity index is 932. The van der Waals surface area contributed by atoms with Crippen molar-refractivity contribution in [3.05, 3.63) is 50.1 Å². The molecule has 7 heteroatoms. The van der Waals surface area contributed by atoms with E-state index in [-0.39, 0.29) is 32.1 Å². The first-order valence-electron chi connectivity index (χ1n) is 9.36. The van der Waals surface area contributed by atoms with E-state index in [1.54, 1.807) is 12.1 Å². The van der Waals surface area contributed by atoms with Crippen LogP contribution in [0.5, 0.6) is 0 Å². The van der Waals surface area contributed by atoms with Gasteiger partial charge in [0.15, 0.2) is 0 Å². The Balaban J connectivity index is 1.76. The number of hydrogen-bond donors (Lipinski definition) is 2. The molecule has 0 saturated carbocycles. The third-order valence-corrected chi connectivity index (χ3v) is 6.93. The molecule has 2 amide bonds. The zero-order valence-corrected chi connectivity index (χ0v) is 18.0. The van der Waals surface area contributed by atoms with Crippen LogP contribution in [0.3, 0.4) is 0 Å². The summed E-state index contributed by atoms with van der Waals surface area (Å²) in [5, 5.41) is 5.73. The molecule has 0 unspecified atom stereocenters. The van der Waals surface area contributed by atoms with Crippen molar-refractivity contribution in [2.24, 2.45) is 0 Å². The van der Waals surface area contributed by atoms with E-state index in [9.17, 15) is 14.0 Å². The summed E-state index contributed by atoms with van der Waals surface area (Å²) in [7, 11) is 0. The molecule has 0 bridgehead atoms. The number of rotatable bonds is 7. The number of nitrogens with zero attached hydrogens (tertiary/aromatic N) is 1. The number of halogens is 1. The molecule has 0 saturated heterocycles. The first-order valence-corrected chi connectivity index (χ1v) is 11.1. The fraction of sp³-hybridized carbons (Fsp3) is 0.333. The molecule has 0 spiro atoms. The Morgan fingerprint density at radius 2 is 2.04 bits per heavy atom. The summed E-state index contributed by atoms with van der Waals surface area (Å²) in [5.41, 5.74) is 2.29. The van der Waals surface area contributed by atoms with Crippen molar-refractivity contribution in [2.75, 3.05) is 31.5 Å². The van der Waals surface area contributed by atoms with Gasteiger partial charge >= 0.3 is 170 Å². The maximum absolute atomic E-state index is 13.6. The summed E-state index contributed by atoms with van der Waals surface area (Å²) in [6, 6.07) is 6.10. The normalized spacial score (nSPS) is 14.5. The predicted octanol–water partition coefficient (Wildman–Crippen LogP) is 2.76. The van der Waals surface area contributed by atoms with E-state index >= 15 is 0 Å². The van der Waals surface area contributed by atoms with Gasteiger partial charge < -0.3 is 0 Å². The first kappa shape index (κ1) is 20.5. The molecule has 3 rings (SSSR count). The number of aryl methyl sites for hydroxylation is 1. The maximum atomic E-state index is 13.6. The van der Waals surface area contributed by atoms with Crippen molar-refractivity contribution < 1.29 is 14.0 Å². The van der Waals surface area contributed by atoms with Gasteiger partial charge in [-0.25, -0.2) is 0 Å². The van der Waals surface area contributed by atoms with Crippen LogP contribution in [-0.4, -0.2) is 57.4 Å². The number of nitrogens with one attached hydrogen (secondary N) is 2. The van der Waals surface area contributed by atoms with Crippen LogP contribution in [0.2, 0.25) is 0 Å². The number of amides is 2. The number of likely N-dealkylation sites (N-methyl/N-ethyl adjacent to an activating group) is 1. The average molecular weight is 448 g/mol. The third-order valence-electron chi connectivity index (χ3n) is 4.84. The summed E-state index contributed by atoms with van der Waals surface area (Å²) < 4.78 is 15.5. The van der Waals surface area contributed by atoms with Crippen LogP contribution in [0.4, 0.5) is 10.1 Å². The molecule has 2 aromatic rings. The van der Waals surface area contributed by atoms with E-state index in [1.165, 1.54) is 12.1 Å². The second kappa shape index (κ2) is 8.86. The van der Waals surface area contributed by atoms with E-state index in [1.807, 2.05) is 13.0 Å². The number of fused-ring (bicyclic) bond motifs is 1. The van der Waals surface area contributed by atoms with Crippen LogP contribution in [0.25, 0.3) is 11.6 Å². The molecule has 148 valence electrons. The van der Waals surface area contributed by atoms with Crippen LogP contribution < -0.4 is 10.6 Å². The van der Waals surface area contributed by atoms with Crippen LogP contribution in [0.1, 0.15) is 38.6 Å². The quantitative estimate of drug-likeness (QED) is 0.506. The minimum atomic E-state index is -0.380. The SMILES string of the molecule is CCN(CC)CCNC(=O)c1cc(C=C2C(=O)Nc3ccc(F)cc32)[se]c1C. The third kappa shape index (κ3) is 4.43. The van der Waals surface area contributed by atoms with Gasteiger partial charge in [-0.15, -0.1) is 0 Å². The Morgan fingerprint density at radius 3 is 2.75 bits per heavy atom. The zero-order chi connectivity index (χ0) is 20.3. The van der Waals surface area contributed by atoms with Crippen molar-refractivity contribution in [2.45, 2.75) is 20.8 Å². The fourth-order valence-electron chi connectivity index (χ4n) is 3.21. The summed E-state index contributed by atoms with van der Waals surface area (Å²) in [4.78, 5) is 27.1. The molecule has 2 heterocycles. The molecular formula is C21H24FN3O2Se. The predicted molar refractivity (Wildman–Crippen MR) is 111 cm³/mol. The van der Waals surface area contributed by atoms with Gasteiger partial charge in [0.05, 0.1) is 0 Å². The van der Waals surface area contributed by atoms with E-state index in [0.717, 1.165) is 28.5 Å². The summed E-state index contributed by atoms with van der Waals surface area (Å²) >= 11 is -0.0328. The Hall–Kier alpha value is -2.21. The van der Waals surface area contributed by atoms with Crippen LogP contribution in [0, 0.1) is 12.7 Å². The number of benzene rings is 1. The standard InChI is InChI=1S/C21H24FN3O2Se/c1-4-25(5-2)9-8-23-20(26)16-11-15(28-13(16)3)12-18-17-10-14(22)6-7-19(17)24-21(18)27/h6-7,10-12H,4-5,8-9H2,1-3H3,(H,23,26)(H,24,27). The van der Waals surface area contributed by atoms with Crippen molar-refractivity contribution in [3.8, 4) is 0 Å². The van der Waals surface area contributed by atoms with Gasteiger partial charge in [0, 0.05) is 0 Å². The topological polar surface area (TPSA) is 61.4 Å². The molecule has 28 heavy (non-hydrogen) atoms. The Labute approximate surface area is 170 Å².